The standard InChI is InChI=1S/C15H21N3O2/c1-4-7-18-13-6-5-11(16-9-10(2)3)8-12(13)14(17-18)15(19)20/h4,11,16H,1-2,5-9H2,3H3,(H,19,20)/t11-/m1/s1. The van der Waals surface area contributed by atoms with Crippen molar-refractivity contribution in [2.45, 2.75) is 38.8 Å². The van der Waals surface area contributed by atoms with E-state index in [-0.39, 0.29) is 5.69 Å². The fourth-order valence-electron chi connectivity index (χ4n) is 2.63. The van der Waals surface area contributed by atoms with Gasteiger partial charge in [-0.3, -0.25) is 4.68 Å². The number of carboxylic acid groups (broad SMARTS) is 1. The van der Waals surface area contributed by atoms with Gasteiger partial charge in [0.25, 0.3) is 0 Å². The highest BCUT2D eigenvalue weighted by molar-refractivity contribution is 5.87. The zero-order chi connectivity index (χ0) is 14.7. The van der Waals surface area contributed by atoms with Crippen molar-refractivity contribution in [2.24, 2.45) is 0 Å². The Morgan fingerprint density at radius 2 is 2.40 bits per heavy atom. The maximum absolute atomic E-state index is 11.3. The van der Waals surface area contributed by atoms with E-state index >= 15 is 0 Å². The average molecular weight is 275 g/mol. The van der Waals surface area contributed by atoms with Gasteiger partial charge >= 0.3 is 5.97 Å². The van der Waals surface area contributed by atoms with E-state index in [1.807, 2.05) is 6.92 Å². The van der Waals surface area contributed by atoms with Crippen LogP contribution in [0.1, 0.15) is 35.1 Å². The number of nitrogens with one attached hydrogen (secondary N) is 1. The monoisotopic (exact) mass is 275 g/mol. The second kappa shape index (κ2) is 6.05. The summed E-state index contributed by atoms with van der Waals surface area (Å²) in [6, 6.07) is 0.290. The molecule has 0 aliphatic heterocycles. The Labute approximate surface area is 119 Å². The van der Waals surface area contributed by atoms with Gasteiger partial charge < -0.3 is 10.4 Å². The summed E-state index contributed by atoms with van der Waals surface area (Å²) in [5, 5.41) is 16.9. The van der Waals surface area contributed by atoms with Gasteiger partial charge in [0.05, 0.1) is 6.54 Å². The summed E-state index contributed by atoms with van der Waals surface area (Å²) in [6.07, 6.45) is 4.28. The molecular weight excluding hydrogens is 254 g/mol. The predicted octanol–water partition coefficient (Wildman–Crippen LogP) is 1.79. The summed E-state index contributed by atoms with van der Waals surface area (Å²) in [7, 11) is 0. The van der Waals surface area contributed by atoms with Crippen LogP contribution >= 0.6 is 0 Å². The van der Waals surface area contributed by atoms with E-state index in [0.717, 1.165) is 36.2 Å². The van der Waals surface area contributed by atoms with Crippen LogP contribution in [0.3, 0.4) is 0 Å². The van der Waals surface area contributed by atoms with Gasteiger partial charge in [-0.15, -0.1) is 6.58 Å². The number of hydrogen-bond acceptors (Lipinski definition) is 3. The van der Waals surface area contributed by atoms with Gasteiger partial charge in [0.15, 0.2) is 5.69 Å². The van der Waals surface area contributed by atoms with Crippen LogP contribution in [-0.4, -0.2) is 33.4 Å². The van der Waals surface area contributed by atoms with E-state index < -0.39 is 5.97 Å². The van der Waals surface area contributed by atoms with E-state index in [1.54, 1.807) is 10.8 Å². The topological polar surface area (TPSA) is 67.2 Å². The molecule has 0 radical (unpaired) electrons. The number of allylic oxidation sites excluding steroid dienone is 1. The normalized spacial score (nSPS) is 17.6. The second-order valence-corrected chi connectivity index (χ2v) is 5.33. The molecule has 1 heterocycles. The third-order valence-electron chi connectivity index (χ3n) is 3.54. The molecule has 1 aliphatic rings. The minimum atomic E-state index is -0.954. The molecule has 1 aromatic heterocycles. The first-order valence-electron chi connectivity index (χ1n) is 6.83. The lowest BCUT2D eigenvalue weighted by molar-refractivity contribution is 0.0688. The Morgan fingerprint density at radius 1 is 1.65 bits per heavy atom. The molecule has 0 aromatic carbocycles. The van der Waals surface area contributed by atoms with Crippen LogP contribution in [0, 0.1) is 0 Å². The van der Waals surface area contributed by atoms with Gasteiger partial charge in [-0.05, 0) is 26.2 Å². The first-order valence-corrected chi connectivity index (χ1v) is 6.83. The van der Waals surface area contributed by atoms with Gasteiger partial charge in [0.1, 0.15) is 0 Å². The molecule has 0 bridgehead atoms. The minimum Gasteiger partial charge on any atom is -0.476 e. The fraction of sp³-hybridized carbons (Fsp3) is 0.467. The molecule has 0 unspecified atom stereocenters. The molecule has 2 rings (SSSR count). The third kappa shape index (κ3) is 2.99. The summed E-state index contributed by atoms with van der Waals surface area (Å²) in [5.74, 6) is -0.954. The van der Waals surface area contributed by atoms with Gasteiger partial charge in [0.2, 0.25) is 0 Å². The smallest absolute Gasteiger partial charge is 0.356 e. The molecule has 1 aliphatic carbocycles. The van der Waals surface area contributed by atoms with E-state index in [2.05, 4.69) is 23.6 Å². The van der Waals surface area contributed by atoms with Crippen molar-refractivity contribution >= 4 is 5.97 Å². The fourth-order valence-corrected chi connectivity index (χ4v) is 2.63. The van der Waals surface area contributed by atoms with E-state index in [1.165, 1.54) is 0 Å². The minimum absolute atomic E-state index is 0.184. The molecule has 0 amide bonds. The quantitative estimate of drug-likeness (QED) is 0.777. The van der Waals surface area contributed by atoms with E-state index in [0.29, 0.717) is 19.0 Å². The molecule has 0 spiro atoms. The Balaban J connectivity index is 2.22. The molecule has 5 nitrogen and oxygen atoms in total. The lowest BCUT2D eigenvalue weighted by atomic mass is 9.91. The second-order valence-electron chi connectivity index (χ2n) is 5.33. The summed E-state index contributed by atoms with van der Waals surface area (Å²) < 4.78 is 1.76. The van der Waals surface area contributed by atoms with Crippen LogP contribution in [-0.2, 0) is 19.4 Å². The van der Waals surface area contributed by atoms with Crippen LogP contribution in [0.2, 0.25) is 0 Å². The van der Waals surface area contributed by atoms with Crippen LogP contribution in [0.25, 0.3) is 0 Å². The summed E-state index contributed by atoms with van der Waals surface area (Å²) in [5.41, 5.74) is 3.17. The molecule has 0 fully saturated rings. The highest BCUT2D eigenvalue weighted by Crippen LogP contribution is 2.25. The number of rotatable bonds is 6. The molecule has 2 N–H and O–H groups in total. The molecule has 1 atom stereocenters. The Bertz CT molecular complexity index is 546. The molecular formula is C15H21N3O2. The number of nitrogens with zero attached hydrogens (tertiary/aromatic N) is 2. The number of hydrogen-bond donors (Lipinski definition) is 2. The number of aromatic carboxylic acids is 1. The van der Waals surface area contributed by atoms with Crippen LogP contribution < -0.4 is 5.32 Å². The average Bonchev–Trinajstić information content (AvgIpc) is 2.75. The van der Waals surface area contributed by atoms with E-state index in [4.69, 9.17) is 0 Å². The van der Waals surface area contributed by atoms with Gasteiger partial charge in [-0.1, -0.05) is 18.2 Å². The lowest BCUT2D eigenvalue weighted by Crippen LogP contribution is -2.36. The highest BCUT2D eigenvalue weighted by Gasteiger charge is 2.28. The zero-order valence-corrected chi connectivity index (χ0v) is 11.9. The maximum Gasteiger partial charge on any atom is 0.356 e. The number of carbonyl (C=O) groups is 1. The zero-order valence-electron chi connectivity index (χ0n) is 11.9. The van der Waals surface area contributed by atoms with Crippen molar-refractivity contribution < 1.29 is 9.90 Å². The third-order valence-corrected chi connectivity index (χ3v) is 3.54. The molecule has 1 aromatic rings. The summed E-state index contributed by atoms with van der Waals surface area (Å²) >= 11 is 0. The van der Waals surface area contributed by atoms with Crippen LogP contribution in [0.5, 0.6) is 0 Å². The van der Waals surface area contributed by atoms with E-state index in [9.17, 15) is 9.90 Å². The van der Waals surface area contributed by atoms with Crippen molar-refractivity contribution in [3.8, 4) is 0 Å². The summed E-state index contributed by atoms with van der Waals surface area (Å²) in [6.45, 7) is 10.9. The molecule has 0 saturated heterocycles. The first kappa shape index (κ1) is 14.5. The SMILES string of the molecule is C=CCn1nc(C(=O)O)c2c1CC[C@@H](NCC(=C)C)C2. The first-order chi connectivity index (χ1) is 9.52. The Morgan fingerprint density at radius 3 is 3.00 bits per heavy atom. The number of carboxylic acids is 1. The highest BCUT2D eigenvalue weighted by atomic mass is 16.4. The maximum atomic E-state index is 11.3. The molecule has 20 heavy (non-hydrogen) atoms. The van der Waals surface area contributed by atoms with Crippen molar-refractivity contribution in [2.75, 3.05) is 6.54 Å². The van der Waals surface area contributed by atoms with Gasteiger partial charge in [-0.25, -0.2) is 4.79 Å². The van der Waals surface area contributed by atoms with Crippen molar-refractivity contribution in [1.29, 1.82) is 0 Å². The van der Waals surface area contributed by atoms with Crippen molar-refractivity contribution in [3.63, 3.8) is 0 Å². The Hall–Kier alpha value is -1.88. The predicted molar refractivity (Wildman–Crippen MR) is 78.0 cm³/mol. The molecule has 0 saturated carbocycles. The lowest BCUT2D eigenvalue weighted by Gasteiger charge is -2.24. The summed E-state index contributed by atoms with van der Waals surface area (Å²) in [4.78, 5) is 11.3. The van der Waals surface area contributed by atoms with Gasteiger partial charge in [-0.2, -0.15) is 5.10 Å². The largest absolute Gasteiger partial charge is 0.476 e. The van der Waals surface area contributed by atoms with Crippen LogP contribution in [0.4, 0.5) is 0 Å². The number of fused-ring (bicyclic) bond motifs is 1. The van der Waals surface area contributed by atoms with Gasteiger partial charge in [0, 0.05) is 23.8 Å². The van der Waals surface area contributed by atoms with Crippen molar-refractivity contribution in [1.82, 2.24) is 15.1 Å². The Kier molecular flexibility index (Phi) is 4.39. The van der Waals surface area contributed by atoms with Crippen molar-refractivity contribution in [3.05, 3.63) is 41.8 Å². The number of aromatic nitrogens is 2. The molecule has 5 heteroatoms. The molecule has 108 valence electrons. The van der Waals surface area contributed by atoms with Crippen LogP contribution in [0.15, 0.2) is 24.8 Å².